The van der Waals surface area contributed by atoms with Gasteiger partial charge in [0, 0.05) is 10.8 Å². The summed E-state index contributed by atoms with van der Waals surface area (Å²) >= 11 is 0. The van der Waals surface area contributed by atoms with Gasteiger partial charge in [-0.15, -0.1) is 0 Å². The van der Waals surface area contributed by atoms with Gasteiger partial charge in [0.15, 0.2) is 0 Å². The Morgan fingerprint density at radius 1 is 0.311 bits per heavy atom. The molecule has 0 aliphatic rings. The molecule has 45 heavy (non-hydrogen) atoms. The molecular weight excluding hydrogens is 544 g/mol. The molecule has 9 aromatic carbocycles. The lowest BCUT2D eigenvalue weighted by atomic mass is 9.82. The fourth-order valence-electron chi connectivity index (χ4n) is 7.78. The van der Waals surface area contributed by atoms with Crippen LogP contribution in [-0.4, -0.2) is 0 Å². The van der Waals surface area contributed by atoms with Gasteiger partial charge >= 0.3 is 0 Å². The van der Waals surface area contributed by atoms with Crippen molar-refractivity contribution in [2.45, 2.75) is 0 Å². The molecular formula is C44H26O. The summed E-state index contributed by atoms with van der Waals surface area (Å²) in [4.78, 5) is 0. The number of hydrogen-bond donors (Lipinski definition) is 0. The Kier molecular flexibility index (Phi) is 5.06. The van der Waals surface area contributed by atoms with Crippen molar-refractivity contribution in [2.75, 3.05) is 0 Å². The van der Waals surface area contributed by atoms with E-state index in [2.05, 4.69) is 158 Å². The molecule has 0 aliphatic heterocycles. The topological polar surface area (TPSA) is 13.1 Å². The summed E-state index contributed by atoms with van der Waals surface area (Å²) in [6.45, 7) is 0. The van der Waals surface area contributed by atoms with Crippen LogP contribution in [0.25, 0.3) is 98.4 Å². The molecule has 0 saturated heterocycles. The second-order valence-corrected chi connectivity index (χ2v) is 12.0. The van der Waals surface area contributed by atoms with Crippen LogP contribution in [0.5, 0.6) is 0 Å². The first kappa shape index (κ1) is 24.5. The van der Waals surface area contributed by atoms with E-state index >= 15 is 0 Å². The molecule has 0 unspecified atom stereocenters. The van der Waals surface area contributed by atoms with Crippen molar-refractivity contribution in [3.05, 3.63) is 158 Å². The van der Waals surface area contributed by atoms with E-state index < -0.39 is 0 Å². The van der Waals surface area contributed by atoms with E-state index in [4.69, 9.17) is 4.42 Å². The maximum atomic E-state index is 6.34. The van der Waals surface area contributed by atoms with Crippen molar-refractivity contribution in [1.82, 2.24) is 0 Å². The molecule has 0 N–H and O–H groups in total. The van der Waals surface area contributed by atoms with Gasteiger partial charge < -0.3 is 4.42 Å². The van der Waals surface area contributed by atoms with Crippen molar-refractivity contribution in [2.24, 2.45) is 0 Å². The smallest absolute Gasteiger partial charge is 0.136 e. The highest BCUT2D eigenvalue weighted by Gasteiger charge is 2.22. The number of fused-ring (bicyclic) bond motifs is 3. The molecule has 0 bridgehead atoms. The molecule has 0 spiro atoms. The molecule has 0 saturated carbocycles. The van der Waals surface area contributed by atoms with Crippen LogP contribution < -0.4 is 0 Å². The lowest BCUT2D eigenvalue weighted by molar-refractivity contribution is 0.669. The quantitative estimate of drug-likeness (QED) is 0.152. The van der Waals surface area contributed by atoms with Gasteiger partial charge in [0.2, 0.25) is 0 Å². The fraction of sp³-hybridized carbons (Fsp3) is 0. The van der Waals surface area contributed by atoms with Crippen LogP contribution in [0, 0.1) is 0 Å². The zero-order chi connectivity index (χ0) is 29.5. The van der Waals surface area contributed by atoms with Crippen molar-refractivity contribution < 1.29 is 4.42 Å². The van der Waals surface area contributed by atoms with Crippen molar-refractivity contribution >= 4 is 65.0 Å². The molecule has 0 aliphatic carbocycles. The minimum absolute atomic E-state index is 0.941. The number of hydrogen-bond acceptors (Lipinski definition) is 1. The van der Waals surface area contributed by atoms with E-state index in [1.807, 2.05) is 0 Å². The second kappa shape index (κ2) is 9.29. The number of rotatable bonds is 3. The van der Waals surface area contributed by atoms with Crippen molar-refractivity contribution in [3.8, 4) is 33.4 Å². The molecule has 1 heterocycles. The first-order valence-corrected chi connectivity index (χ1v) is 15.5. The predicted octanol–water partition coefficient (Wildman–Crippen LogP) is 12.6. The lowest BCUT2D eigenvalue weighted by Gasteiger charge is -2.20. The minimum atomic E-state index is 0.941. The summed E-state index contributed by atoms with van der Waals surface area (Å²) in [6, 6.07) is 57.3. The van der Waals surface area contributed by atoms with E-state index in [1.165, 1.54) is 87.2 Å². The molecule has 0 amide bonds. The van der Waals surface area contributed by atoms with Gasteiger partial charge in [0.25, 0.3) is 0 Å². The van der Waals surface area contributed by atoms with Gasteiger partial charge in [-0.3, -0.25) is 0 Å². The molecule has 0 atom stereocenters. The zero-order valence-electron chi connectivity index (χ0n) is 24.4. The van der Waals surface area contributed by atoms with Gasteiger partial charge in [0.1, 0.15) is 11.2 Å². The molecule has 208 valence electrons. The summed E-state index contributed by atoms with van der Waals surface area (Å²) in [5.74, 6) is 0. The van der Waals surface area contributed by atoms with Crippen molar-refractivity contribution in [3.63, 3.8) is 0 Å². The molecule has 0 fully saturated rings. The predicted molar refractivity (Wildman–Crippen MR) is 191 cm³/mol. The van der Waals surface area contributed by atoms with E-state index in [1.54, 1.807) is 0 Å². The summed E-state index contributed by atoms with van der Waals surface area (Å²) < 4.78 is 6.34. The van der Waals surface area contributed by atoms with E-state index in [9.17, 15) is 0 Å². The summed E-state index contributed by atoms with van der Waals surface area (Å²) in [5.41, 5.74) is 9.42. The normalized spacial score (nSPS) is 12.0. The summed E-state index contributed by atoms with van der Waals surface area (Å²) in [7, 11) is 0. The largest absolute Gasteiger partial charge is 0.456 e. The Hall–Kier alpha value is -5.92. The first-order chi connectivity index (χ1) is 22.3. The third-order valence-electron chi connectivity index (χ3n) is 9.62. The highest BCUT2D eigenvalue weighted by atomic mass is 16.3. The monoisotopic (exact) mass is 570 g/mol. The Bertz CT molecular complexity index is 2690. The zero-order valence-corrected chi connectivity index (χ0v) is 24.4. The van der Waals surface area contributed by atoms with E-state index in [-0.39, 0.29) is 0 Å². The third-order valence-corrected chi connectivity index (χ3v) is 9.62. The molecule has 0 radical (unpaired) electrons. The average molecular weight is 571 g/mol. The van der Waals surface area contributed by atoms with Crippen LogP contribution in [0.1, 0.15) is 0 Å². The Morgan fingerprint density at radius 2 is 0.800 bits per heavy atom. The SMILES string of the molecule is c1ccc(-c2cccc3c(-c4c5ccccc5c(-c5cc6cccc7oc8cccc5c8c67)c5ccccc45)cccc23)cc1. The Balaban J connectivity index is 1.35. The summed E-state index contributed by atoms with van der Waals surface area (Å²) in [5, 5.41) is 12.4. The lowest BCUT2D eigenvalue weighted by Crippen LogP contribution is -1.93. The first-order valence-electron chi connectivity index (χ1n) is 15.5. The standard InChI is InChI=1S/C44H26O/c1-2-12-27(13-3-1)29-19-9-21-31-30(29)20-10-22-32(31)42-33-15-4-6-17-35(33)43(36-18-7-5-16-34(36)42)38-26-28-14-8-24-39-41(28)44-37(38)23-11-25-40(44)45-39/h1-26H. The Labute approximate surface area is 259 Å². The highest BCUT2D eigenvalue weighted by Crippen LogP contribution is 2.49. The fourth-order valence-corrected chi connectivity index (χ4v) is 7.78. The average Bonchev–Trinajstić information content (AvgIpc) is 3.50. The third kappa shape index (κ3) is 3.44. The molecule has 1 aromatic heterocycles. The van der Waals surface area contributed by atoms with Gasteiger partial charge in [-0.2, -0.15) is 0 Å². The highest BCUT2D eigenvalue weighted by molar-refractivity contribution is 6.30. The minimum Gasteiger partial charge on any atom is -0.456 e. The van der Waals surface area contributed by atoms with Gasteiger partial charge in [-0.25, -0.2) is 0 Å². The number of furan rings is 1. The van der Waals surface area contributed by atoms with Crippen LogP contribution in [0.4, 0.5) is 0 Å². The molecule has 1 nitrogen and oxygen atoms in total. The van der Waals surface area contributed by atoms with Crippen LogP contribution in [-0.2, 0) is 0 Å². The van der Waals surface area contributed by atoms with E-state index in [0.29, 0.717) is 0 Å². The maximum Gasteiger partial charge on any atom is 0.136 e. The van der Waals surface area contributed by atoms with Crippen LogP contribution in [0.3, 0.4) is 0 Å². The maximum absolute atomic E-state index is 6.34. The summed E-state index contributed by atoms with van der Waals surface area (Å²) in [6.07, 6.45) is 0. The van der Waals surface area contributed by atoms with E-state index in [0.717, 1.165) is 11.2 Å². The molecule has 10 rings (SSSR count). The number of benzene rings is 9. The molecule has 10 aromatic rings. The van der Waals surface area contributed by atoms with Gasteiger partial charge in [-0.05, 0) is 94.7 Å². The van der Waals surface area contributed by atoms with Crippen LogP contribution in [0.15, 0.2) is 162 Å². The molecule has 1 heteroatoms. The van der Waals surface area contributed by atoms with Crippen molar-refractivity contribution in [1.29, 1.82) is 0 Å². The van der Waals surface area contributed by atoms with Crippen LogP contribution in [0.2, 0.25) is 0 Å². The van der Waals surface area contributed by atoms with Gasteiger partial charge in [0.05, 0.1) is 0 Å². The Morgan fingerprint density at radius 3 is 1.49 bits per heavy atom. The van der Waals surface area contributed by atoms with Gasteiger partial charge in [-0.1, -0.05) is 140 Å². The second-order valence-electron chi connectivity index (χ2n) is 12.0. The van der Waals surface area contributed by atoms with Crippen LogP contribution >= 0.6 is 0 Å².